The molecule has 1 unspecified atom stereocenters. The summed E-state index contributed by atoms with van der Waals surface area (Å²) in [5.74, 6) is -2.28. The molecule has 0 radical (unpaired) electrons. The number of carbonyl (C=O) groups excluding carboxylic acids is 1. The molecule has 4 aromatic carbocycles. The predicted octanol–water partition coefficient (Wildman–Crippen LogP) is 6.41. The van der Waals surface area contributed by atoms with Gasteiger partial charge in [-0.1, -0.05) is 84.9 Å². The molecule has 5 nitrogen and oxygen atoms in total. The number of nitrogens with zero attached hydrogens (tertiary/aromatic N) is 1. The van der Waals surface area contributed by atoms with Crippen LogP contribution in [0.1, 0.15) is 28.7 Å². The topological polar surface area (TPSA) is 66.8 Å². The number of carbonyl (C=O) groups is 2. The minimum atomic E-state index is -1.60. The van der Waals surface area contributed by atoms with E-state index >= 15 is 0 Å². The number of anilines is 1. The number of aliphatic carboxylic acids is 1. The molecule has 6 heteroatoms. The maximum absolute atomic E-state index is 14.7. The molecule has 1 aliphatic rings. The summed E-state index contributed by atoms with van der Waals surface area (Å²) in [5, 5.41) is 10.1. The van der Waals surface area contributed by atoms with Gasteiger partial charge in [0.05, 0.1) is 0 Å². The van der Waals surface area contributed by atoms with Gasteiger partial charge in [0.15, 0.2) is 6.04 Å². The Kier molecular flexibility index (Phi) is 6.02. The third-order valence-corrected chi connectivity index (χ3v) is 6.26. The molecule has 1 amide bonds. The predicted molar refractivity (Wildman–Crippen MR) is 131 cm³/mol. The van der Waals surface area contributed by atoms with Crippen LogP contribution in [-0.2, 0) is 9.53 Å². The summed E-state index contributed by atoms with van der Waals surface area (Å²) in [7, 11) is 0. The van der Waals surface area contributed by atoms with Crippen molar-refractivity contribution >= 4 is 17.7 Å². The maximum Gasteiger partial charge on any atom is 0.415 e. The number of carboxylic acid groups (broad SMARTS) is 1. The zero-order valence-electron chi connectivity index (χ0n) is 18.7. The highest BCUT2D eigenvalue weighted by Gasteiger charge is 2.37. The van der Waals surface area contributed by atoms with Crippen molar-refractivity contribution in [3.8, 4) is 11.1 Å². The van der Waals surface area contributed by atoms with Crippen LogP contribution in [0.15, 0.2) is 103 Å². The van der Waals surface area contributed by atoms with Gasteiger partial charge in [-0.05, 0) is 40.5 Å². The Hall–Kier alpha value is -4.45. The van der Waals surface area contributed by atoms with Crippen molar-refractivity contribution in [2.75, 3.05) is 11.5 Å². The minimum Gasteiger partial charge on any atom is -0.479 e. The molecule has 35 heavy (non-hydrogen) atoms. The van der Waals surface area contributed by atoms with Crippen molar-refractivity contribution in [2.45, 2.75) is 12.0 Å². The fourth-order valence-electron chi connectivity index (χ4n) is 4.69. The number of rotatable bonds is 6. The number of benzene rings is 4. The van der Waals surface area contributed by atoms with E-state index in [1.165, 1.54) is 24.3 Å². The number of hydrogen-bond acceptors (Lipinski definition) is 3. The van der Waals surface area contributed by atoms with Gasteiger partial charge in [-0.2, -0.15) is 0 Å². The van der Waals surface area contributed by atoms with Crippen molar-refractivity contribution < 1.29 is 23.8 Å². The molecule has 0 aliphatic heterocycles. The summed E-state index contributed by atoms with van der Waals surface area (Å²) in [6.45, 7) is 0.0137. The Morgan fingerprint density at radius 2 is 1.34 bits per heavy atom. The average molecular weight is 467 g/mol. The number of amides is 1. The van der Waals surface area contributed by atoms with Crippen molar-refractivity contribution in [2.24, 2.45) is 0 Å². The monoisotopic (exact) mass is 467 g/mol. The first-order chi connectivity index (χ1) is 17.1. The molecule has 0 fully saturated rings. The van der Waals surface area contributed by atoms with E-state index in [1.54, 1.807) is 30.3 Å². The Labute approximate surface area is 202 Å². The molecule has 0 bridgehead atoms. The van der Waals surface area contributed by atoms with Crippen LogP contribution >= 0.6 is 0 Å². The molecule has 0 saturated heterocycles. The second kappa shape index (κ2) is 9.43. The van der Waals surface area contributed by atoms with Gasteiger partial charge in [-0.25, -0.2) is 14.0 Å². The summed E-state index contributed by atoms with van der Waals surface area (Å²) in [4.78, 5) is 26.8. The molecular formula is C29H22FNO4. The van der Waals surface area contributed by atoms with Crippen LogP contribution in [-0.4, -0.2) is 23.8 Å². The van der Waals surface area contributed by atoms with Crippen molar-refractivity contribution in [3.63, 3.8) is 0 Å². The van der Waals surface area contributed by atoms with Crippen molar-refractivity contribution in [1.29, 1.82) is 0 Å². The number of halogens is 1. The van der Waals surface area contributed by atoms with Crippen molar-refractivity contribution in [1.82, 2.24) is 0 Å². The largest absolute Gasteiger partial charge is 0.479 e. The lowest BCUT2D eigenvalue weighted by molar-refractivity contribution is -0.138. The molecule has 0 saturated carbocycles. The van der Waals surface area contributed by atoms with Gasteiger partial charge >= 0.3 is 12.1 Å². The van der Waals surface area contributed by atoms with E-state index in [9.17, 15) is 19.1 Å². The number of fused-ring (bicyclic) bond motifs is 3. The Bertz CT molecular complexity index is 1340. The summed E-state index contributed by atoms with van der Waals surface area (Å²) >= 11 is 0. The fraction of sp³-hybridized carbons (Fsp3) is 0.103. The second-order valence-electron chi connectivity index (χ2n) is 8.27. The van der Waals surface area contributed by atoms with E-state index in [-0.39, 0.29) is 18.1 Å². The van der Waals surface area contributed by atoms with Gasteiger partial charge in [-0.3, -0.25) is 4.90 Å². The zero-order valence-corrected chi connectivity index (χ0v) is 18.7. The van der Waals surface area contributed by atoms with Gasteiger partial charge in [0.2, 0.25) is 0 Å². The highest BCUT2D eigenvalue weighted by Crippen LogP contribution is 2.44. The molecule has 0 heterocycles. The van der Waals surface area contributed by atoms with Crippen LogP contribution in [0.3, 0.4) is 0 Å². The van der Waals surface area contributed by atoms with Gasteiger partial charge < -0.3 is 9.84 Å². The van der Waals surface area contributed by atoms with E-state index in [2.05, 4.69) is 0 Å². The zero-order chi connectivity index (χ0) is 24.4. The van der Waals surface area contributed by atoms with E-state index < -0.39 is 23.9 Å². The summed E-state index contributed by atoms with van der Waals surface area (Å²) < 4.78 is 20.4. The van der Waals surface area contributed by atoms with E-state index in [0.717, 1.165) is 27.2 Å². The minimum absolute atomic E-state index is 0.0137. The normalized spacial score (nSPS) is 12.9. The molecule has 4 aromatic rings. The van der Waals surface area contributed by atoms with Gasteiger partial charge in [-0.15, -0.1) is 0 Å². The Morgan fingerprint density at radius 3 is 1.94 bits per heavy atom. The summed E-state index contributed by atoms with van der Waals surface area (Å²) in [6.07, 6.45) is -0.867. The van der Waals surface area contributed by atoms with Crippen molar-refractivity contribution in [3.05, 3.63) is 126 Å². The lowest BCUT2D eigenvalue weighted by Gasteiger charge is -2.29. The fourth-order valence-corrected chi connectivity index (χ4v) is 4.69. The number of carboxylic acids is 1. The highest BCUT2D eigenvalue weighted by atomic mass is 19.1. The smallest absolute Gasteiger partial charge is 0.415 e. The highest BCUT2D eigenvalue weighted by molar-refractivity contribution is 5.96. The first kappa shape index (κ1) is 22.3. The number of ether oxygens (including phenoxy) is 1. The lowest BCUT2D eigenvalue weighted by atomic mass is 9.98. The Balaban J connectivity index is 1.49. The quantitative estimate of drug-likeness (QED) is 0.356. The first-order valence-electron chi connectivity index (χ1n) is 11.2. The number of hydrogen-bond donors (Lipinski definition) is 1. The molecular weight excluding hydrogens is 445 g/mol. The second-order valence-corrected chi connectivity index (χ2v) is 8.27. The van der Waals surface area contributed by atoms with Crippen LogP contribution in [0.4, 0.5) is 14.9 Å². The van der Waals surface area contributed by atoms with E-state index in [4.69, 9.17) is 4.74 Å². The van der Waals surface area contributed by atoms with Crippen LogP contribution in [0.5, 0.6) is 0 Å². The molecule has 0 aromatic heterocycles. The first-order valence-corrected chi connectivity index (χ1v) is 11.2. The van der Waals surface area contributed by atoms with Gasteiger partial charge in [0.25, 0.3) is 0 Å². The summed E-state index contributed by atoms with van der Waals surface area (Å²) in [6, 6.07) is 28.1. The average Bonchev–Trinajstić information content (AvgIpc) is 3.20. The Morgan fingerprint density at radius 1 is 0.800 bits per heavy atom. The van der Waals surface area contributed by atoms with Crippen LogP contribution in [0.25, 0.3) is 11.1 Å². The molecule has 1 atom stereocenters. The van der Waals surface area contributed by atoms with Gasteiger partial charge in [0, 0.05) is 17.2 Å². The van der Waals surface area contributed by atoms with Crippen LogP contribution < -0.4 is 4.90 Å². The molecule has 1 N–H and O–H groups in total. The third-order valence-electron chi connectivity index (χ3n) is 6.26. The van der Waals surface area contributed by atoms with Gasteiger partial charge in [0.1, 0.15) is 12.4 Å². The lowest BCUT2D eigenvalue weighted by Crippen LogP contribution is -2.40. The third kappa shape index (κ3) is 4.15. The van der Waals surface area contributed by atoms with E-state index in [0.29, 0.717) is 5.69 Å². The maximum atomic E-state index is 14.7. The standard InChI is InChI=1S/C29H22FNO4/c30-26-17-9-8-16-24(26)27(28(32)33)31(19-10-2-1-3-11-19)29(34)35-18-25-22-14-6-4-12-20(22)21-13-5-7-15-23(21)25/h1-17,25,27H,18H2,(H,32,33). The van der Waals surface area contributed by atoms with E-state index in [1.807, 2.05) is 48.5 Å². The molecule has 5 rings (SSSR count). The number of para-hydroxylation sites is 1. The SMILES string of the molecule is O=C(O)C(c1ccccc1F)N(C(=O)OCC1c2ccccc2-c2ccccc21)c1ccccc1. The molecule has 1 aliphatic carbocycles. The summed E-state index contributed by atoms with van der Waals surface area (Å²) in [5.41, 5.74) is 4.41. The van der Waals surface area contributed by atoms with Crippen LogP contribution in [0, 0.1) is 5.82 Å². The molecule has 174 valence electrons. The molecule has 0 spiro atoms. The van der Waals surface area contributed by atoms with Crippen LogP contribution in [0.2, 0.25) is 0 Å².